The van der Waals surface area contributed by atoms with Gasteiger partial charge >= 0.3 is 5.97 Å². The van der Waals surface area contributed by atoms with Crippen molar-refractivity contribution in [1.29, 1.82) is 0 Å². The highest BCUT2D eigenvalue weighted by atomic mass is 16.5. The molecule has 1 N–H and O–H groups in total. The van der Waals surface area contributed by atoms with E-state index in [4.69, 9.17) is 4.74 Å². The van der Waals surface area contributed by atoms with Crippen LogP contribution in [0.2, 0.25) is 0 Å². The molecule has 0 aliphatic heterocycles. The fourth-order valence-electron chi connectivity index (χ4n) is 1.58. The zero-order valence-corrected chi connectivity index (χ0v) is 8.50. The van der Waals surface area contributed by atoms with Crippen molar-refractivity contribution in [2.24, 2.45) is 0 Å². The molecule has 0 aromatic heterocycles. The van der Waals surface area contributed by atoms with E-state index in [1.165, 1.54) is 6.92 Å². The van der Waals surface area contributed by atoms with Crippen LogP contribution < -0.4 is 5.32 Å². The summed E-state index contributed by atoms with van der Waals surface area (Å²) in [5.41, 5.74) is -0.915. The number of hydrogen-bond acceptors (Lipinski definition) is 3. The van der Waals surface area contributed by atoms with E-state index < -0.39 is 5.54 Å². The molecule has 0 saturated carbocycles. The van der Waals surface area contributed by atoms with Gasteiger partial charge in [-0.3, -0.25) is 4.79 Å². The molecule has 0 saturated heterocycles. The second-order valence-corrected chi connectivity index (χ2v) is 3.31. The van der Waals surface area contributed by atoms with E-state index in [-0.39, 0.29) is 11.9 Å². The Morgan fingerprint density at radius 1 is 1.57 bits per heavy atom. The molecular weight excluding hydrogens is 182 g/mol. The lowest BCUT2D eigenvalue weighted by Crippen LogP contribution is -2.52. The summed E-state index contributed by atoms with van der Waals surface area (Å²) < 4.78 is 4.93. The van der Waals surface area contributed by atoms with Crippen molar-refractivity contribution in [2.45, 2.75) is 32.2 Å². The van der Waals surface area contributed by atoms with Crippen LogP contribution in [0.25, 0.3) is 0 Å². The molecule has 14 heavy (non-hydrogen) atoms. The summed E-state index contributed by atoms with van der Waals surface area (Å²) in [6, 6.07) is 0. The van der Waals surface area contributed by atoms with Crippen molar-refractivity contribution in [2.75, 3.05) is 6.61 Å². The number of ether oxygens (including phenoxy) is 1. The molecule has 1 aliphatic rings. The maximum absolute atomic E-state index is 11.6. The molecule has 0 heterocycles. The minimum absolute atomic E-state index is 0.218. The zero-order chi connectivity index (χ0) is 10.6. The third-order valence-electron chi connectivity index (χ3n) is 2.15. The van der Waals surface area contributed by atoms with Crippen LogP contribution in [0, 0.1) is 0 Å². The van der Waals surface area contributed by atoms with Crippen LogP contribution in [0.4, 0.5) is 0 Å². The monoisotopic (exact) mass is 197 g/mol. The SMILES string of the molecule is CCOC(=O)[C@@]1(NC(C)=O)C=CCC1. The lowest BCUT2D eigenvalue weighted by Gasteiger charge is -2.25. The van der Waals surface area contributed by atoms with Crippen molar-refractivity contribution >= 4 is 11.9 Å². The maximum Gasteiger partial charge on any atom is 0.335 e. The van der Waals surface area contributed by atoms with Crippen LogP contribution in [0.1, 0.15) is 26.7 Å². The third-order valence-corrected chi connectivity index (χ3v) is 2.15. The first-order valence-corrected chi connectivity index (χ1v) is 4.74. The summed E-state index contributed by atoms with van der Waals surface area (Å²) in [5, 5.41) is 2.64. The molecule has 0 bridgehead atoms. The van der Waals surface area contributed by atoms with Gasteiger partial charge in [-0.05, 0) is 19.8 Å². The Balaban J connectivity index is 2.76. The van der Waals surface area contributed by atoms with Gasteiger partial charge in [0.25, 0.3) is 0 Å². The Kier molecular flexibility index (Phi) is 3.28. The van der Waals surface area contributed by atoms with Crippen LogP contribution in [0.3, 0.4) is 0 Å². The summed E-state index contributed by atoms with van der Waals surface area (Å²) >= 11 is 0. The summed E-state index contributed by atoms with van der Waals surface area (Å²) in [7, 11) is 0. The predicted molar refractivity (Wildman–Crippen MR) is 51.6 cm³/mol. The van der Waals surface area contributed by atoms with Crippen LogP contribution in [-0.2, 0) is 14.3 Å². The summed E-state index contributed by atoms with van der Waals surface area (Å²) in [6.45, 7) is 3.47. The first-order chi connectivity index (χ1) is 6.60. The molecule has 0 fully saturated rings. The van der Waals surface area contributed by atoms with Crippen molar-refractivity contribution in [1.82, 2.24) is 5.32 Å². The van der Waals surface area contributed by atoms with Crippen LogP contribution >= 0.6 is 0 Å². The quantitative estimate of drug-likeness (QED) is 0.537. The molecule has 1 rings (SSSR count). The van der Waals surface area contributed by atoms with Gasteiger partial charge in [0.1, 0.15) is 0 Å². The van der Waals surface area contributed by atoms with Gasteiger partial charge in [0.05, 0.1) is 6.61 Å². The predicted octanol–water partition coefficient (Wildman–Crippen LogP) is 0.774. The molecule has 0 aromatic carbocycles. The second kappa shape index (κ2) is 4.26. The standard InChI is InChI=1S/C10H15NO3/c1-3-14-9(13)10(11-8(2)12)6-4-5-7-10/h4,6H,3,5,7H2,1-2H3,(H,11,12)/t10-/m1/s1. The number of hydrogen-bond donors (Lipinski definition) is 1. The Hall–Kier alpha value is -1.32. The van der Waals surface area contributed by atoms with Gasteiger partial charge in [-0.25, -0.2) is 4.79 Å². The van der Waals surface area contributed by atoms with E-state index >= 15 is 0 Å². The van der Waals surface area contributed by atoms with Gasteiger partial charge in [0.15, 0.2) is 5.54 Å². The Morgan fingerprint density at radius 3 is 2.71 bits per heavy atom. The minimum Gasteiger partial charge on any atom is -0.464 e. The largest absolute Gasteiger partial charge is 0.464 e. The highest BCUT2D eigenvalue weighted by molar-refractivity contribution is 5.89. The lowest BCUT2D eigenvalue weighted by atomic mass is 9.99. The van der Waals surface area contributed by atoms with E-state index in [0.717, 1.165) is 6.42 Å². The molecule has 0 unspecified atom stereocenters. The fourth-order valence-corrected chi connectivity index (χ4v) is 1.58. The molecule has 4 nitrogen and oxygen atoms in total. The van der Waals surface area contributed by atoms with Gasteiger partial charge in [0, 0.05) is 6.92 Å². The molecule has 1 atom stereocenters. The summed E-state index contributed by atoms with van der Waals surface area (Å²) in [5.74, 6) is -0.589. The molecule has 4 heteroatoms. The van der Waals surface area contributed by atoms with Crippen molar-refractivity contribution in [3.8, 4) is 0 Å². The molecule has 0 spiro atoms. The first-order valence-electron chi connectivity index (χ1n) is 4.74. The number of nitrogens with one attached hydrogen (secondary N) is 1. The van der Waals surface area contributed by atoms with Gasteiger partial charge in [-0.1, -0.05) is 12.2 Å². The summed E-state index contributed by atoms with van der Waals surface area (Å²) in [4.78, 5) is 22.6. The smallest absolute Gasteiger partial charge is 0.335 e. The summed E-state index contributed by atoms with van der Waals surface area (Å²) in [6.07, 6.45) is 4.98. The van der Waals surface area contributed by atoms with E-state index in [2.05, 4.69) is 5.32 Å². The second-order valence-electron chi connectivity index (χ2n) is 3.31. The molecular formula is C10H15NO3. The average Bonchev–Trinajstić information content (AvgIpc) is 2.53. The zero-order valence-electron chi connectivity index (χ0n) is 8.50. The normalized spacial score (nSPS) is 24.7. The Bertz CT molecular complexity index is 273. The van der Waals surface area contributed by atoms with E-state index in [0.29, 0.717) is 13.0 Å². The van der Waals surface area contributed by atoms with Gasteiger partial charge in [0.2, 0.25) is 5.91 Å². The molecule has 1 amide bonds. The van der Waals surface area contributed by atoms with Gasteiger partial charge < -0.3 is 10.1 Å². The number of allylic oxidation sites excluding steroid dienone is 1. The van der Waals surface area contributed by atoms with Crippen LogP contribution in [0.15, 0.2) is 12.2 Å². The van der Waals surface area contributed by atoms with E-state index in [9.17, 15) is 9.59 Å². The first kappa shape index (κ1) is 10.8. The van der Waals surface area contributed by atoms with E-state index in [1.807, 2.05) is 6.08 Å². The Morgan fingerprint density at radius 2 is 2.29 bits per heavy atom. The van der Waals surface area contributed by atoms with Crippen molar-refractivity contribution in [3.63, 3.8) is 0 Å². The molecule has 0 aromatic rings. The average molecular weight is 197 g/mol. The number of amides is 1. The van der Waals surface area contributed by atoms with Gasteiger partial charge in [-0.2, -0.15) is 0 Å². The third kappa shape index (κ3) is 2.13. The minimum atomic E-state index is -0.915. The molecule has 1 aliphatic carbocycles. The Labute approximate surface area is 83.3 Å². The fraction of sp³-hybridized carbons (Fsp3) is 0.600. The lowest BCUT2D eigenvalue weighted by molar-refractivity contribution is -0.150. The number of carbonyl (C=O) groups excluding carboxylic acids is 2. The maximum atomic E-state index is 11.6. The number of carbonyl (C=O) groups is 2. The number of esters is 1. The van der Waals surface area contributed by atoms with Crippen molar-refractivity contribution in [3.05, 3.63) is 12.2 Å². The number of rotatable bonds is 3. The topological polar surface area (TPSA) is 55.4 Å². The van der Waals surface area contributed by atoms with Crippen LogP contribution in [0.5, 0.6) is 0 Å². The van der Waals surface area contributed by atoms with Crippen LogP contribution in [-0.4, -0.2) is 24.0 Å². The molecule has 78 valence electrons. The molecule has 0 radical (unpaired) electrons. The van der Waals surface area contributed by atoms with Crippen molar-refractivity contribution < 1.29 is 14.3 Å². The highest BCUT2D eigenvalue weighted by Gasteiger charge is 2.39. The van der Waals surface area contributed by atoms with Gasteiger partial charge in [-0.15, -0.1) is 0 Å². The highest BCUT2D eigenvalue weighted by Crippen LogP contribution is 2.24. The van der Waals surface area contributed by atoms with E-state index in [1.54, 1.807) is 13.0 Å².